The lowest BCUT2D eigenvalue weighted by atomic mass is 10.3. The number of hydrogen-bond donors (Lipinski definition) is 1. The van der Waals surface area contributed by atoms with Gasteiger partial charge in [-0.25, -0.2) is 0 Å². The second-order valence-electron chi connectivity index (χ2n) is 3.13. The van der Waals surface area contributed by atoms with E-state index in [4.69, 9.17) is 4.74 Å². The summed E-state index contributed by atoms with van der Waals surface area (Å²) < 4.78 is 5.32. The summed E-state index contributed by atoms with van der Waals surface area (Å²) in [4.78, 5) is 0. The number of hydrogen-bond acceptors (Lipinski definition) is 3. The summed E-state index contributed by atoms with van der Waals surface area (Å²) in [5, 5.41) is 2.08. The van der Waals surface area contributed by atoms with Crippen LogP contribution in [0.4, 0.5) is 5.69 Å². The smallest absolute Gasteiger partial charge is 0.116 e. The predicted molar refractivity (Wildman–Crippen MR) is 52.2 cm³/mol. The van der Waals surface area contributed by atoms with Gasteiger partial charge >= 0.3 is 0 Å². The molecule has 1 saturated heterocycles. The van der Waals surface area contributed by atoms with Crippen molar-refractivity contribution < 1.29 is 4.74 Å². The molecular weight excluding hydrogens is 164 g/mol. The molecule has 0 atom stereocenters. The first kappa shape index (κ1) is 8.53. The number of para-hydroxylation sites is 1. The van der Waals surface area contributed by atoms with Crippen LogP contribution in [0.25, 0.3) is 0 Å². The van der Waals surface area contributed by atoms with Crippen LogP contribution in [0.2, 0.25) is 0 Å². The average Bonchev–Trinajstić information content (AvgIpc) is 2.21. The van der Waals surface area contributed by atoms with Crippen molar-refractivity contribution >= 4 is 5.69 Å². The van der Waals surface area contributed by atoms with E-state index >= 15 is 0 Å². The van der Waals surface area contributed by atoms with Crippen molar-refractivity contribution in [3.05, 3.63) is 30.3 Å². The van der Waals surface area contributed by atoms with E-state index in [1.165, 1.54) is 0 Å². The van der Waals surface area contributed by atoms with Crippen LogP contribution in [0.15, 0.2) is 30.3 Å². The van der Waals surface area contributed by atoms with E-state index in [1.54, 1.807) is 0 Å². The molecule has 0 saturated carbocycles. The maximum atomic E-state index is 5.32. The molecule has 0 amide bonds. The zero-order valence-corrected chi connectivity index (χ0v) is 7.57. The fourth-order valence-corrected chi connectivity index (χ4v) is 1.38. The van der Waals surface area contributed by atoms with Gasteiger partial charge in [-0.3, -0.25) is 0 Å². The second-order valence-corrected chi connectivity index (χ2v) is 3.13. The van der Waals surface area contributed by atoms with Crippen molar-refractivity contribution in [3.63, 3.8) is 0 Å². The summed E-state index contributed by atoms with van der Waals surface area (Å²) in [5.41, 5.74) is 4.41. The van der Waals surface area contributed by atoms with Gasteiger partial charge in [0.1, 0.15) is 6.73 Å². The highest BCUT2D eigenvalue weighted by atomic mass is 16.5. The van der Waals surface area contributed by atoms with Crippen molar-refractivity contribution in [1.82, 2.24) is 5.01 Å². The molecule has 1 aliphatic rings. The third kappa shape index (κ3) is 2.44. The van der Waals surface area contributed by atoms with E-state index in [0.29, 0.717) is 6.73 Å². The molecule has 1 heterocycles. The number of nitrogens with one attached hydrogen (secondary N) is 1. The van der Waals surface area contributed by atoms with Crippen LogP contribution in [0, 0.1) is 0 Å². The molecule has 3 nitrogen and oxygen atoms in total. The lowest BCUT2D eigenvalue weighted by Crippen LogP contribution is -2.37. The number of hydrazine groups is 1. The van der Waals surface area contributed by atoms with Gasteiger partial charge in [0.05, 0.1) is 0 Å². The second kappa shape index (κ2) is 4.25. The summed E-state index contributed by atoms with van der Waals surface area (Å²) in [5.74, 6) is 0. The number of benzene rings is 1. The third-order valence-electron chi connectivity index (χ3n) is 2.02. The number of ether oxygens (including phenoxy) is 1. The van der Waals surface area contributed by atoms with Gasteiger partial charge in [0.15, 0.2) is 0 Å². The van der Waals surface area contributed by atoms with Crippen LogP contribution in [0.3, 0.4) is 0 Å². The van der Waals surface area contributed by atoms with Crippen molar-refractivity contribution in [2.45, 2.75) is 6.42 Å². The summed E-state index contributed by atoms with van der Waals surface area (Å²) in [6.45, 7) is 2.61. The number of anilines is 1. The van der Waals surface area contributed by atoms with E-state index < -0.39 is 0 Å². The fourth-order valence-electron chi connectivity index (χ4n) is 1.38. The van der Waals surface area contributed by atoms with Crippen LogP contribution in [-0.4, -0.2) is 24.9 Å². The Hall–Kier alpha value is -1.06. The Labute approximate surface area is 78.3 Å². The van der Waals surface area contributed by atoms with E-state index in [1.807, 2.05) is 18.2 Å². The minimum absolute atomic E-state index is 0.675. The summed E-state index contributed by atoms with van der Waals surface area (Å²) in [6.07, 6.45) is 1.10. The zero-order valence-electron chi connectivity index (χ0n) is 7.57. The molecule has 13 heavy (non-hydrogen) atoms. The van der Waals surface area contributed by atoms with Crippen molar-refractivity contribution in [3.8, 4) is 0 Å². The van der Waals surface area contributed by atoms with Gasteiger partial charge in [-0.2, -0.15) is 5.01 Å². The Balaban J connectivity index is 1.90. The Morgan fingerprint density at radius 2 is 2.08 bits per heavy atom. The normalized spacial score (nSPS) is 18.5. The van der Waals surface area contributed by atoms with Crippen molar-refractivity contribution in [2.75, 3.05) is 25.3 Å². The van der Waals surface area contributed by atoms with E-state index in [2.05, 4.69) is 22.6 Å². The molecule has 1 aromatic rings. The van der Waals surface area contributed by atoms with E-state index in [-0.39, 0.29) is 0 Å². The van der Waals surface area contributed by atoms with E-state index in [9.17, 15) is 0 Å². The highest BCUT2D eigenvalue weighted by molar-refractivity contribution is 5.41. The topological polar surface area (TPSA) is 24.5 Å². The Bertz CT molecular complexity index is 244. The highest BCUT2D eigenvalue weighted by Gasteiger charge is 2.08. The van der Waals surface area contributed by atoms with Crippen molar-refractivity contribution in [1.29, 1.82) is 0 Å². The predicted octanol–water partition coefficient (Wildman–Crippen LogP) is 1.69. The molecule has 0 radical (unpaired) electrons. The SMILES string of the molecule is c1ccc(NN2CCCOC2)cc1. The molecular formula is C10H14N2O. The average molecular weight is 178 g/mol. The molecule has 0 aromatic heterocycles. The van der Waals surface area contributed by atoms with Crippen LogP contribution < -0.4 is 5.43 Å². The minimum atomic E-state index is 0.675. The van der Waals surface area contributed by atoms with E-state index in [0.717, 1.165) is 25.3 Å². The van der Waals surface area contributed by atoms with Crippen LogP contribution >= 0.6 is 0 Å². The third-order valence-corrected chi connectivity index (χ3v) is 2.02. The summed E-state index contributed by atoms with van der Waals surface area (Å²) in [7, 11) is 0. The number of nitrogens with zero attached hydrogens (tertiary/aromatic N) is 1. The Kier molecular flexibility index (Phi) is 2.79. The van der Waals surface area contributed by atoms with Crippen molar-refractivity contribution in [2.24, 2.45) is 0 Å². The lowest BCUT2D eigenvalue weighted by Gasteiger charge is -2.27. The van der Waals surface area contributed by atoms with Gasteiger partial charge < -0.3 is 10.2 Å². The van der Waals surface area contributed by atoms with Crippen LogP contribution in [0.1, 0.15) is 6.42 Å². The molecule has 70 valence electrons. The van der Waals surface area contributed by atoms with Gasteiger partial charge in [-0.1, -0.05) is 18.2 Å². The fraction of sp³-hybridized carbons (Fsp3) is 0.400. The van der Waals surface area contributed by atoms with Gasteiger partial charge in [0.25, 0.3) is 0 Å². The standard InChI is InChI=1S/C10H14N2O/c1-2-5-10(6-3-1)11-12-7-4-8-13-9-12/h1-3,5-6,11H,4,7-9H2. The molecule has 1 aliphatic heterocycles. The first-order valence-corrected chi connectivity index (χ1v) is 4.59. The molecule has 1 N–H and O–H groups in total. The monoisotopic (exact) mass is 178 g/mol. The Morgan fingerprint density at radius 3 is 2.77 bits per heavy atom. The molecule has 0 unspecified atom stereocenters. The lowest BCUT2D eigenvalue weighted by molar-refractivity contribution is 0.000535. The minimum Gasteiger partial charge on any atom is -0.364 e. The molecule has 3 heteroatoms. The molecule has 0 aliphatic carbocycles. The van der Waals surface area contributed by atoms with Gasteiger partial charge in [0, 0.05) is 18.8 Å². The maximum absolute atomic E-state index is 5.32. The molecule has 0 spiro atoms. The molecule has 0 bridgehead atoms. The maximum Gasteiger partial charge on any atom is 0.116 e. The molecule has 2 rings (SSSR count). The van der Waals surface area contributed by atoms with Gasteiger partial charge in [-0.05, 0) is 18.6 Å². The summed E-state index contributed by atoms with van der Waals surface area (Å²) >= 11 is 0. The molecule has 1 fully saturated rings. The highest BCUT2D eigenvalue weighted by Crippen LogP contribution is 2.08. The largest absolute Gasteiger partial charge is 0.364 e. The Morgan fingerprint density at radius 1 is 1.23 bits per heavy atom. The van der Waals surface area contributed by atoms with Gasteiger partial charge in [-0.15, -0.1) is 0 Å². The first-order chi connectivity index (χ1) is 6.45. The van der Waals surface area contributed by atoms with Crippen LogP contribution in [0.5, 0.6) is 0 Å². The van der Waals surface area contributed by atoms with Crippen LogP contribution in [-0.2, 0) is 4.74 Å². The summed E-state index contributed by atoms with van der Waals surface area (Å²) in [6, 6.07) is 10.2. The first-order valence-electron chi connectivity index (χ1n) is 4.59. The quantitative estimate of drug-likeness (QED) is 0.746. The zero-order chi connectivity index (χ0) is 8.93. The van der Waals surface area contributed by atoms with Gasteiger partial charge in [0.2, 0.25) is 0 Å². The molecule has 1 aromatic carbocycles. The number of rotatable bonds is 2.